The Morgan fingerprint density at radius 2 is 2.00 bits per heavy atom. The predicted molar refractivity (Wildman–Crippen MR) is 64.6 cm³/mol. The Bertz CT molecular complexity index is 349. The first-order valence-corrected chi connectivity index (χ1v) is 7.71. The van der Waals surface area contributed by atoms with E-state index < -0.39 is 9.84 Å². The SMILES string of the molecule is CC(CS(C)(=O)=O)NCC(=O)N1CCOCC1. The highest BCUT2D eigenvalue weighted by atomic mass is 32.2. The molecule has 1 unspecified atom stereocenters. The summed E-state index contributed by atoms with van der Waals surface area (Å²) >= 11 is 0. The quantitative estimate of drug-likeness (QED) is 0.680. The van der Waals surface area contributed by atoms with Crippen molar-refractivity contribution in [1.29, 1.82) is 0 Å². The Hall–Kier alpha value is -0.660. The molecule has 0 spiro atoms. The summed E-state index contributed by atoms with van der Waals surface area (Å²) in [5.74, 6) is 0.0392. The van der Waals surface area contributed by atoms with Gasteiger partial charge in [-0.25, -0.2) is 8.42 Å². The Balaban J connectivity index is 2.27. The number of nitrogens with one attached hydrogen (secondary N) is 1. The van der Waals surface area contributed by atoms with Gasteiger partial charge in [-0.05, 0) is 6.92 Å². The summed E-state index contributed by atoms with van der Waals surface area (Å²) in [6.45, 7) is 4.31. The molecule has 0 radical (unpaired) electrons. The van der Waals surface area contributed by atoms with Crippen LogP contribution in [0, 0.1) is 0 Å². The number of carbonyl (C=O) groups excluding carboxylic acids is 1. The van der Waals surface area contributed by atoms with E-state index in [-0.39, 0.29) is 24.2 Å². The van der Waals surface area contributed by atoms with Gasteiger partial charge >= 0.3 is 0 Å². The smallest absolute Gasteiger partial charge is 0.236 e. The topological polar surface area (TPSA) is 75.7 Å². The lowest BCUT2D eigenvalue weighted by molar-refractivity contribution is -0.134. The highest BCUT2D eigenvalue weighted by Crippen LogP contribution is 1.97. The molecule has 17 heavy (non-hydrogen) atoms. The molecule has 100 valence electrons. The average Bonchev–Trinajstić information content (AvgIpc) is 2.25. The summed E-state index contributed by atoms with van der Waals surface area (Å²) < 4.78 is 27.2. The van der Waals surface area contributed by atoms with E-state index >= 15 is 0 Å². The molecule has 1 rings (SSSR count). The summed E-state index contributed by atoms with van der Waals surface area (Å²) in [5.41, 5.74) is 0. The van der Waals surface area contributed by atoms with E-state index in [2.05, 4.69) is 5.32 Å². The second-order valence-corrected chi connectivity index (χ2v) is 6.55. The molecule has 1 fully saturated rings. The number of rotatable bonds is 5. The van der Waals surface area contributed by atoms with E-state index in [9.17, 15) is 13.2 Å². The van der Waals surface area contributed by atoms with Gasteiger partial charge in [0.2, 0.25) is 5.91 Å². The number of morpholine rings is 1. The van der Waals surface area contributed by atoms with Gasteiger partial charge in [0.1, 0.15) is 9.84 Å². The number of hydrogen-bond donors (Lipinski definition) is 1. The maximum atomic E-state index is 11.7. The largest absolute Gasteiger partial charge is 0.378 e. The molecule has 0 aromatic rings. The zero-order valence-corrected chi connectivity index (χ0v) is 11.1. The molecule has 1 heterocycles. The third-order valence-electron chi connectivity index (χ3n) is 2.52. The Morgan fingerprint density at radius 3 is 2.53 bits per heavy atom. The molecule has 7 heteroatoms. The van der Waals surface area contributed by atoms with Gasteiger partial charge in [0.05, 0.1) is 25.5 Å². The van der Waals surface area contributed by atoms with Gasteiger partial charge in [0.15, 0.2) is 0 Å². The van der Waals surface area contributed by atoms with Crippen LogP contribution in [-0.4, -0.2) is 70.1 Å². The van der Waals surface area contributed by atoms with Crippen molar-refractivity contribution in [3.8, 4) is 0 Å². The van der Waals surface area contributed by atoms with Crippen molar-refractivity contribution in [2.75, 3.05) is 44.9 Å². The second-order valence-electron chi connectivity index (χ2n) is 4.37. The molecule has 6 nitrogen and oxygen atoms in total. The molecule has 1 N–H and O–H groups in total. The minimum atomic E-state index is -3.00. The van der Waals surface area contributed by atoms with E-state index in [0.29, 0.717) is 26.3 Å². The minimum absolute atomic E-state index is 0.00588. The molecule has 0 saturated carbocycles. The van der Waals surface area contributed by atoms with Crippen LogP contribution in [-0.2, 0) is 19.4 Å². The van der Waals surface area contributed by atoms with E-state index in [1.165, 1.54) is 6.26 Å². The zero-order chi connectivity index (χ0) is 12.9. The van der Waals surface area contributed by atoms with Crippen molar-refractivity contribution >= 4 is 15.7 Å². The fourth-order valence-electron chi connectivity index (χ4n) is 1.70. The Morgan fingerprint density at radius 1 is 1.41 bits per heavy atom. The van der Waals surface area contributed by atoms with Gasteiger partial charge in [0, 0.05) is 25.4 Å². The first-order chi connectivity index (χ1) is 7.88. The standard InChI is InChI=1S/C10H20N2O4S/c1-9(8-17(2,14)15)11-7-10(13)12-3-5-16-6-4-12/h9,11H,3-8H2,1-2H3. The summed E-state index contributed by atoms with van der Waals surface area (Å²) in [7, 11) is -3.00. The number of ether oxygens (including phenoxy) is 1. The van der Waals surface area contributed by atoms with Gasteiger partial charge < -0.3 is 15.0 Å². The summed E-state index contributed by atoms with van der Waals surface area (Å²) in [6.07, 6.45) is 1.19. The molecule has 1 aliphatic rings. The summed E-state index contributed by atoms with van der Waals surface area (Å²) in [4.78, 5) is 13.5. The maximum absolute atomic E-state index is 11.7. The van der Waals surface area contributed by atoms with Crippen LogP contribution >= 0.6 is 0 Å². The molecule has 0 aromatic heterocycles. The van der Waals surface area contributed by atoms with Crippen LogP contribution in [0.4, 0.5) is 0 Å². The van der Waals surface area contributed by atoms with E-state index in [1.54, 1.807) is 11.8 Å². The van der Waals surface area contributed by atoms with Crippen molar-refractivity contribution in [3.05, 3.63) is 0 Å². The van der Waals surface area contributed by atoms with Crippen molar-refractivity contribution in [1.82, 2.24) is 10.2 Å². The number of sulfone groups is 1. The first-order valence-electron chi connectivity index (χ1n) is 5.65. The third-order valence-corrected chi connectivity index (χ3v) is 3.62. The number of hydrogen-bond acceptors (Lipinski definition) is 5. The maximum Gasteiger partial charge on any atom is 0.236 e. The molecule has 1 amide bonds. The minimum Gasteiger partial charge on any atom is -0.378 e. The van der Waals surface area contributed by atoms with Crippen molar-refractivity contribution in [2.45, 2.75) is 13.0 Å². The predicted octanol–water partition coefficient (Wildman–Crippen LogP) is -1.13. The third kappa shape index (κ3) is 5.99. The van der Waals surface area contributed by atoms with Crippen LogP contribution in [0.1, 0.15) is 6.92 Å². The molecular weight excluding hydrogens is 244 g/mol. The van der Waals surface area contributed by atoms with Crippen LogP contribution in [0.5, 0.6) is 0 Å². The highest BCUT2D eigenvalue weighted by Gasteiger charge is 2.18. The number of carbonyl (C=O) groups is 1. The fraction of sp³-hybridized carbons (Fsp3) is 0.900. The highest BCUT2D eigenvalue weighted by molar-refractivity contribution is 7.90. The molecular formula is C10H20N2O4S. The average molecular weight is 264 g/mol. The first kappa shape index (κ1) is 14.4. The van der Waals surface area contributed by atoms with Crippen molar-refractivity contribution in [3.63, 3.8) is 0 Å². The molecule has 0 bridgehead atoms. The van der Waals surface area contributed by atoms with Gasteiger partial charge in [0.25, 0.3) is 0 Å². The van der Waals surface area contributed by atoms with Crippen LogP contribution < -0.4 is 5.32 Å². The summed E-state index contributed by atoms with van der Waals surface area (Å²) in [5, 5.41) is 2.93. The summed E-state index contributed by atoms with van der Waals surface area (Å²) in [6, 6.07) is -0.213. The van der Waals surface area contributed by atoms with E-state index in [4.69, 9.17) is 4.74 Å². The van der Waals surface area contributed by atoms with Crippen molar-refractivity contribution < 1.29 is 17.9 Å². The van der Waals surface area contributed by atoms with E-state index in [0.717, 1.165) is 0 Å². The Labute approximate surface area is 102 Å². The zero-order valence-electron chi connectivity index (χ0n) is 10.3. The van der Waals surface area contributed by atoms with Gasteiger partial charge in [-0.15, -0.1) is 0 Å². The molecule has 0 aliphatic carbocycles. The monoisotopic (exact) mass is 264 g/mol. The van der Waals surface area contributed by atoms with Gasteiger partial charge in [-0.3, -0.25) is 4.79 Å². The van der Waals surface area contributed by atoms with Crippen LogP contribution in [0.2, 0.25) is 0 Å². The lowest BCUT2D eigenvalue weighted by atomic mass is 10.3. The molecule has 1 atom stereocenters. The van der Waals surface area contributed by atoms with Gasteiger partial charge in [-0.2, -0.15) is 0 Å². The normalized spacial score (nSPS) is 19.1. The van der Waals surface area contributed by atoms with Crippen LogP contribution in [0.3, 0.4) is 0 Å². The van der Waals surface area contributed by atoms with Crippen molar-refractivity contribution in [2.24, 2.45) is 0 Å². The molecule has 0 aromatic carbocycles. The van der Waals surface area contributed by atoms with Gasteiger partial charge in [-0.1, -0.05) is 0 Å². The second kappa shape index (κ2) is 6.32. The Kier molecular flexibility index (Phi) is 5.35. The molecule has 1 saturated heterocycles. The molecule has 1 aliphatic heterocycles. The lowest BCUT2D eigenvalue weighted by Gasteiger charge is -2.27. The number of amides is 1. The van der Waals surface area contributed by atoms with E-state index in [1.807, 2.05) is 0 Å². The fourth-order valence-corrected chi connectivity index (χ4v) is 2.73. The van der Waals surface area contributed by atoms with Crippen LogP contribution in [0.15, 0.2) is 0 Å². The van der Waals surface area contributed by atoms with Crippen LogP contribution in [0.25, 0.3) is 0 Å². The number of nitrogens with zero attached hydrogens (tertiary/aromatic N) is 1. The lowest BCUT2D eigenvalue weighted by Crippen LogP contribution is -2.46.